The van der Waals surface area contributed by atoms with Crippen molar-refractivity contribution in [1.82, 2.24) is 14.5 Å². The van der Waals surface area contributed by atoms with Gasteiger partial charge in [0.15, 0.2) is 0 Å². The summed E-state index contributed by atoms with van der Waals surface area (Å²) in [4.78, 5) is 15.3. The smallest absolute Gasteiger partial charge is 0.243 e. The molecular weight excluding hydrogens is 434 g/mol. The maximum absolute atomic E-state index is 13.5. The Labute approximate surface area is 198 Å². The molecule has 0 aromatic heterocycles. The van der Waals surface area contributed by atoms with Crippen LogP contribution in [-0.4, -0.2) is 56.3 Å². The van der Waals surface area contributed by atoms with E-state index >= 15 is 0 Å². The van der Waals surface area contributed by atoms with Gasteiger partial charge in [0.05, 0.1) is 17.5 Å². The number of aryl methyl sites for hydroxylation is 3. The summed E-state index contributed by atoms with van der Waals surface area (Å²) >= 11 is 0. The van der Waals surface area contributed by atoms with Crippen molar-refractivity contribution >= 4 is 15.9 Å². The Kier molecular flexibility index (Phi) is 6.93. The fourth-order valence-corrected chi connectivity index (χ4v) is 7.17. The molecule has 0 unspecified atom stereocenters. The molecule has 33 heavy (non-hydrogen) atoms. The number of amides is 1. The standard InChI is InChI=1S/C26H35N3O3S/c1-18-16-19(2)21(4)26(20(18)3)33(31,32)29-14-12-28(13-15-29)17-25(30)27-24-11-7-9-22-8-5-6-10-23(22)24/h5-6,8,10,16,24H,7,9,11-15,17H2,1-4H3,(H,27,30)/t24-/m1/s1. The van der Waals surface area contributed by atoms with Crippen LogP contribution in [0.15, 0.2) is 35.2 Å². The summed E-state index contributed by atoms with van der Waals surface area (Å²) in [6.45, 7) is 9.89. The van der Waals surface area contributed by atoms with Gasteiger partial charge < -0.3 is 5.32 Å². The van der Waals surface area contributed by atoms with E-state index in [-0.39, 0.29) is 11.9 Å². The molecule has 6 nitrogen and oxygen atoms in total. The van der Waals surface area contributed by atoms with Crippen LogP contribution in [0, 0.1) is 27.7 Å². The molecule has 0 spiro atoms. The molecule has 1 aliphatic carbocycles. The van der Waals surface area contributed by atoms with Gasteiger partial charge in [-0.15, -0.1) is 0 Å². The molecule has 2 aliphatic rings. The van der Waals surface area contributed by atoms with Crippen LogP contribution in [0.3, 0.4) is 0 Å². The predicted molar refractivity (Wildman–Crippen MR) is 131 cm³/mol. The third-order valence-electron chi connectivity index (χ3n) is 7.30. The van der Waals surface area contributed by atoms with Crippen LogP contribution in [0.1, 0.15) is 52.3 Å². The van der Waals surface area contributed by atoms with Crippen LogP contribution >= 0.6 is 0 Å². The van der Waals surface area contributed by atoms with E-state index in [1.807, 2.05) is 39.8 Å². The van der Waals surface area contributed by atoms with Gasteiger partial charge in [-0.05, 0) is 80.3 Å². The van der Waals surface area contributed by atoms with Gasteiger partial charge in [0.25, 0.3) is 0 Å². The summed E-state index contributed by atoms with van der Waals surface area (Å²) in [5.74, 6) is 0.00834. The normalized spacial score (nSPS) is 19.8. The van der Waals surface area contributed by atoms with Crippen molar-refractivity contribution in [2.45, 2.75) is 57.9 Å². The summed E-state index contributed by atoms with van der Waals surface area (Å²) in [6, 6.07) is 10.5. The summed E-state index contributed by atoms with van der Waals surface area (Å²) in [5.41, 5.74) is 6.20. The van der Waals surface area contributed by atoms with Crippen LogP contribution in [-0.2, 0) is 21.2 Å². The highest BCUT2D eigenvalue weighted by molar-refractivity contribution is 7.89. The highest BCUT2D eigenvalue weighted by atomic mass is 32.2. The molecule has 1 saturated heterocycles. The monoisotopic (exact) mass is 469 g/mol. The van der Waals surface area contributed by atoms with E-state index in [4.69, 9.17) is 0 Å². The summed E-state index contributed by atoms with van der Waals surface area (Å²) in [5, 5.41) is 3.20. The Morgan fingerprint density at radius 1 is 1.00 bits per heavy atom. The first kappa shape index (κ1) is 23.9. The van der Waals surface area contributed by atoms with E-state index in [0.29, 0.717) is 37.6 Å². The van der Waals surface area contributed by atoms with Gasteiger partial charge in [0, 0.05) is 26.2 Å². The number of carbonyl (C=O) groups excluding carboxylic acids is 1. The molecular formula is C26H35N3O3S. The average Bonchev–Trinajstić information content (AvgIpc) is 2.78. The van der Waals surface area contributed by atoms with Gasteiger partial charge in [0.1, 0.15) is 0 Å². The minimum atomic E-state index is -3.57. The SMILES string of the molecule is Cc1cc(C)c(C)c(S(=O)(=O)N2CCN(CC(=O)N[C@@H]3CCCc4ccccc43)CC2)c1C. The topological polar surface area (TPSA) is 69.7 Å². The van der Waals surface area contributed by atoms with E-state index in [0.717, 1.165) is 41.5 Å². The molecule has 1 heterocycles. The first-order valence-electron chi connectivity index (χ1n) is 11.9. The van der Waals surface area contributed by atoms with Crippen LogP contribution in [0.4, 0.5) is 0 Å². The predicted octanol–water partition coefficient (Wildman–Crippen LogP) is 3.42. The van der Waals surface area contributed by atoms with Crippen LogP contribution in [0.5, 0.6) is 0 Å². The van der Waals surface area contributed by atoms with E-state index in [1.165, 1.54) is 11.1 Å². The van der Waals surface area contributed by atoms with Gasteiger partial charge in [-0.3, -0.25) is 9.69 Å². The minimum absolute atomic E-state index is 0.00834. The molecule has 1 aliphatic heterocycles. The number of carbonyl (C=O) groups is 1. The maximum Gasteiger partial charge on any atom is 0.243 e. The van der Waals surface area contributed by atoms with E-state index in [2.05, 4.69) is 28.4 Å². The van der Waals surface area contributed by atoms with Crippen molar-refractivity contribution in [3.8, 4) is 0 Å². The number of rotatable bonds is 5. The number of sulfonamides is 1. The van der Waals surface area contributed by atoms with Crippen molar-refractivity contribution in [1.29, 1.82) is 0 Å². The molecule has 1 N–H and O–H groups in total. The second-order valence-electron chi connectivity index (χ2n) is 9.48. The molecule has 1 fully saturated rings. The highest BCUT2D eigenvalue weighted by Crippen LogP contribution is 2.30. The second kappa shape index (κ2) is 9.57. The molecule has 178 valence electrons. The zero-order valence-electron chi connectivity index (χ0n) is 20.1. The molecule has 1 amide bonds. The zero-order valence-corrected chi connectivity index (χ0v) is 21.0. The quantitative estimate of drug-likeness (QED) is 0.729. The van der Waals surface area contributed by atoms with Crippen molar-refractivity contribution in [2.24, 2.45) is 0 Å². The number of nitrogens with zero attached hydrogens (tertiary/aromatic N) is 2. The van der Waals surface area contributed by atoms with Crippen molar-refractivity contribution in [3.63, 3.8) is 0 Å². The fourth-order valence-electron chi connectivity index (χ4n) is 5.17. The molecule has 1 atom stereocenters. The van der Waals surface area contributed by atoms with E-state index in [1.54, 1.807) is 4.31 Å². The van der Waals surface area contributed by atoms with E-state index in [9.17, 15) is 13.2 Å². The van der Waals surface area contributed by atoms with Crippen molar-refractivity contribution in [2.75, 3.05) is 32.7 Å². The first-order valence-corrected chi connectivity index (χ1v) is 13.3. The van der Waals surface area contributed by atoms with Gasteiger partial charge in [-0.1, -0.05) is 30.3 Å². The molecule has 0 saturated carbocycles. The van der Waals surface area contributed by atoms with Crippen molar-refractivity contribution in [3.05, 3.63) is 63.7 Å². The lowest BCUT2D eigenvalue weighted by molar-refractivity contribution is -0.123. The Bertz CT molecular complexity index is 1130. The van der Waals surface area contributed by atoms with E-state index < -0.39 is 10.0 Å². The third kappa shape index (κ3) is 4.86. The molecule has 0 radical (unpaired) electrons. The van der Waals surface area contributed by atoms with Crippen molar-refractivity contribution < 1.29 is 13.2 Å². The number of hydrogen-bond donors (Lipinski definition) is 1. The molecule has 2 aromatic rings. The summed E-state index contributed by atoms with van der Waals surface area (Å²) < 4.78 is 28.5. The fraction of sp³-hybridized carbons (Fsp3) is 0.500. The highest BCUT2D eigenvalue weighted by Gasteiger charge is 2.32. The Morgan fingerprint density at radius 2 is 1.64 bits per heavy atom. The van der Waals surface area contributed by atoms with Gasteiger partial charge >= 0.3 is 0 Å². The Balaban J connectivity index is 1.37. The lowest BCUT2D eigenvalue weighted by atomic mass is 9.88. The number of fused-ring (bicyclic) bond motifs is 1. The second-order valence-corrected chi connectivity index (χ2v) is 11.4. The van der Waals surface area contributed by atoms with Crippen LogP contribution < -0.4 is 5.32 Å². The van der Waals surface area contributed by atoms with Gasteiger partial charge in [0.2, 0.25) is 15.9 Å². The van der Waals surface area contributed by atoms with Crippen LogP contribution in [0.25, 0.3) is 0 Å². The Morgan fingerprint density at radius 3 is 2.30 bits per heavy atom. The Hall–Kier alpha value is -2.22. The summed E-state index contributed by atoms with van der Waals surface area (Å²) in [6.07, 6.45) is 3.11. The van der Waals surface area contributed by atoms with Gasteiger partial charge in [-0.2, -0.15) is 4.31 Å². The minimum Gasteiger partial charge on any atom is -0.348 e. The zero-order chi connectivity index (χ0) is 23.8. The maximum atomic E-state index is 13.5. The van der Waals surface area contributed by atoms with Crippen LogP contribution in [0.2, 0.25) is 0 Å². The third-order valence-corrected chi connectivity index (χ3v) is 9.47. The molecule has 7 heteroatoms. The lowest BCUT2D eigenvalue weighted by Gasteiger charge is -2.35. The molecule has 4 rings (SSSR count). The number of piperazine rings is 1. The largest absolute Gasteiger partial charge is 0.348 e. The number of nitrogens with one attached hydrogen (secondary N) is 1. The number of benzene rings is 2. The average molecular weight is 470 g/mol. The van der Waals surface area contributed by atoms with Gasteiger partial charge in [-0.25, -0.2) is 8.42 Å². The number of hydrogen-bond acceptors (Lipinski definition) is 4. The molecule has 2 aromatic carbocycles. The first-order chi connectivity index (χ1) is 15.7. The summed E-state index contributed by atoms with van der Waals surface area (Å²) in [7, 11) is -3.57. The lowest BCUT2D eigenvalue weighted by Crippen LogP contribution is -2.51. The molecule has 0 bridgehead atoms.